The SMILES string of the molecule is COc1cccc(C(=O)[C@H]2[C@@H](C(=O)c3ccccc3Cl)N3c4ccccc4C=C[C@@H]3[C@]23C(=O)Nc2ccccc23)c1. The van der Waals surface area contributed by atoms with Crippen molar-refractivity contribution < 1.29 is 19.1 Å². The highest BCUT2D eigenvalue weighted by Gasteiger charge is 2.70. The van der Waals surface area contributed by atoms with E-state index in [1.165, 1.54) is 7.11 Å². The zero-order chi connectivity index (χ0) is 28.3. The van der Waals surface area contributed by atoms with Gasteiger partial charge in [-0.25, -0.2) is 0 Å². The molecule has 1 amide bonds. The van der Waals surface area contributed by atoms with Gasteiger partial charge in [0.15, 0.2) is 11.6 Å². The second-order valence-corrected chi connectivity index (χ2v) is 10.9. The lowest BCUT2D eigenvalue weighted by atomic mass is 9.64. The minimum Gasteiger partial charge on any atom is -0.497 e. The number of nitrogens with one attached hydrogen (secondary N) is 1. The minimum atomic E-state index is -1.39. The van der Waals surface area contributed by atoms with E-state index in [4.69, 9.17) is 16.3 Å². The second-order valence-electron chi connectivity index (χ2n) is 10.5. The molecule has 0 bridgehead atoms. The van der Waals surface area contributed by atoms with Gasteiger partial charge in [0, 0.05) is 22.5 Å². The van der Waals surface area contributed by atoms with Crippen LogP contribution in [0.4, 0.5) is 11.4 Å². The number of carbonyl (C=O) groups is 3. The van der Waals surface area contributed by atoms with Gasteiger partial charge in [0.25, 0.3) is 0 Å². The predicted molar refractivity (Wildman–Crippen MR) is 159 cm³/mol. The topological polar surface area (TPSA) is 75.7 Å². The van der Waals surface area contributed by atoms with E-state index < -0.39 is 23.4 Å². The molecule has 1 fully saturated rings. The standard InChI is InChI=1S/C34H25ClN2O4/c1-41-22-11-8-10-21(19-22)31(38)29-30(32(39)23-12-3-5-14-25(23)35)37-27-16-7-2-9-20(27)17-18-28(37)34(29)24-13-4-6-15-26(24)36-33(34)40/h2-19,28-30H,1H3,(H,36,40)/t28-,29-,30+,34+/m1/s1. The van der Waals surface area contributed by atoms with Gasteiger partial charge in [-0.2, -0.15) is 0 Å². The Hall–Kier alpha value is -4.68. The Bertz CT molecular complexity index is 1780. The maximum atomic E-state index is 14.8. The van der Waals surface area contributed by atoms with Crippen molar-refractivity contribution in [2.45, 2.75) is 17.5 Å². The van der Waals surface area contributed by atoms with Crippen LogP contribution in [0.15, 0.2) is 103 Å². The number of hydrogen-bond donors (Lipinski definition) is 1. The number of hydrogen-bond acceptors (Lipinski definition) is 5. The van der Waals surface area contributed by atoms with E-state index in [9.17, 15) is 14.4 Å². The molecule has 0 unspecified atom stereocenters. The van der Waals surface area contributed by atoms with Gasteiger partial charge in [-0.1, -0.05) is 84.4 Å². The van der Waals surface area contributed by atoms with Crippen LogP contribution < -0.4 is 15.0 Å². The van der Waals surface area contributed by atoms with E-state index in [2.05, 4.69) is 5.32 Å². The molecule has 0 aromatic heterocycles. The summed E-state index contributed by atoms with van der Waals surface area (Å²) in [6.45, 7) is 0. The number of anilines is 2. The molecule has 4 aromatic carbocycles. The summed E-state index contributed by atoms with van der Waals surface area (Å²) in [7, 11) is 1.53. The van der Waals surface area contributed by atoms with E-state index in [-0.39, 0.29) is 17.5 Å². The van der Waals surface area contributed by atoms with E-state index in [0.29, 0.717) is 33.1 Å². The van der Waals surface area contributed by atoms with E-state index >= 15 is 0 Å². The van der Waals surface area contributed by atoms with E-state index in [0.717, 1.165) is 11.3 Å². The lowest BCUT2D eigenvalue weighted by molar-refractivity contribution is -0.121. The first-order valence-electron chi connectivity index (χ1n) is 13.4. The normalized spacial score (nSPS) is 23.5. The molecule has 7 heteroatoms. The summed E-state index contributed by atoms with van der Waals surface area (Å²) in [5.74, 6) is -1.52. The summed E-state index contributed by atoms with van der Waals surface area (Å²) < 4.78 is 5.42. The van der Waals surface area contributed by atoms with Crippen molar-refractivity contribution in [3.63, 3.8) is 0 Å². The fourth-order valence-electron chi connectivity index (χ4n) is 6.90. The molecule has 0 aliphatic carbocycles. The van der Waals surface area contributed by atoms with Crippen molar-refractivity contribution in [1.29, 1.82) is 0 Å². The molecular formula is C34H25ClN2O4. The number of para-hydroxylation sites is 2. The molecule has 202 valence electrons. The predicted octanol–water partition coefficient (Wildman–Crippen LogP) is 6.20. The first-order valence-corrected chi connectivity index (χ1v) is 13.8. The van der Waals surface area contributed by atoms with Gasteiger partial charge in [0.2, 0.25) is 5.91 Å². The van der Waals surface area contributed by atoms with Gasteiger partial charge in [-0.05, 0) is 47.5 Å². The molecule has 0 radical (unpaired) electrons. The lowest BCUT2D eigenvalue weighted by Gasteiger charge is -2.37. The van der Waals surface area contributed by atoms with Gasteiger partial charge >= 0.3 is 0 Å². The van der Waals surface area contributed by atoms with Crippen LogP contribution in [0, 0.1) is 5.92 Å². The molecule has 1 saturated heterocycles. The number of nitrogens with zero attached hydrogens (tertiary/aromatic N) is 1. The van der Waals surface area contributed by atoms with Crippen LogP contribution in [0.2, 0.25) is 5.02 Å². The summed E-state index contributed by atoms with van der Waals surface area (Å²) >= 11 is 6.58. The first-order chi connectivity index (χ1) is 20.0. The number of carbonyl (C=O) groups excluding carboxylic acids is 3. The molecule has 3 aliphatic heterocycles. The van der Waals surface area contributed by atoms with E-state index in [1.807, 2.05) is 65.6 Å². The Labute approximate surface area is 242 Å². The summed E-state index contributed by atoms with van der Waals surface area (Å²) in [5, 5.41) is 3.33. The molecule has 1 N–H and O–H groups in total. The van der Waals surface area contributed by atoms with Crippen LogP contribution in [-0.2, 0) is 10.2 Å². The Morgan fingerprint density at radius 1 is 0.902 bits per heavy atom. The summed E-state index contributed by atoms with van der Waals surface area (Å²) in [6, 6.07) is 27.2. The van der Waals surface area contributed by atoms with Crippen LogP contribution in [-0.4, -0.2) is 36.7 Å². The fraction of sp³-hybridized carbons (Fsp3) is 0.147. The molecule has 6 nitrogen and oxygen atoms in total. The first kappa shape index (κ1) is 25.3. The Balaban J connectivity index is 1.55. The second kappa shape index (κ2) is 9.46. The molecule has 4 aromatic rings. The average molecular weight is 561 g/mol. The van der Waals surface area contributed by atoms with Gasteiger partial charge < -0.3 is 15.0 Å². The zero-order valence-electron chi connectivity index (χ0n) is 22.1. The van der Waals surface area contributed by atoms with Crippen molar-refractivity contribution in [2.24, 2.45) is 5.92 Å². The highest BCUT2D eigenvalue weighted by Crippen LogP contribution is 2.58. The molecule has 1 spiro atoms. The smallest absolute Gasteiger partial charge is 0.238 e. The van der Waals surface area contributed by atoms with Crippen LogP contribution >= 0.6 is 11.6 Å². The quantitative estimate of drug-likeness (QED) is 0.294. The maximum Gasteiger partial charge on any atom is 0.238 e. The number of ether oxygens (including phenoxy) is 1. The van der Waals surface area contributed by atoms with Crippen LogP contribution in [0.1, 0.15) is 31.8 Å². The highest BCUT2D eigenvalue weighted by atomic mass is 35.5. The summed E-state index contributed by atoms with van der Waals surface area (Å²) in [5.41, 5.74) is 2.29. The van der Waals surface area contributed by atoms with Crippen LogP contribution in [0.3, 0.4) is 0 Å². The number of ketones is 2. The van der Waals surface area contributed by atoms with Gasteiger partial charge in [-0.3, -0.25) is 14.4 Å². The zero-order valence-corrected chi connectivity index (χ0v) is 22.8. The monoisotopic (exact) mass is 560 g/mol. The average Bonchev–Trinajstić information content (AvgIpc) is 3.49. The molecule has 3 heterocycles. The molecule has 4 atom stereocenters. The summed E-state index contributed by atoms with van der Waals surface area (Å²) in [4.78, 5) is 45.9. The van der Waals surface area contributed by atoms with Crippen molar-refractivity contribution in [2.75, 3.05) is 17.3 Å². The minimum absolute atomic E-state index is 0.291. The number of amides is 1. The van der Waals surface area contributed by atoms with Crippen molar-refractivity contribution in [3.05, 3.63) is 130 Å². The van der Waals surface area contributed by atoms with Crippen molar-refractivity contribution >= 4 is 46.5 Å². The third-order valence-electron chi connectivity index (χ3n) is 8.59. The van der Waals surface area contributed by atoms with Crippen LogP contribution in [0.5, 0.6) is 5.75 Å². The largest absolute Gasteiger partial charge is 0.497 e. The maximum absolute atomic E-state index is 14.8. The molecule has 3 aliphatic rings. The molecule has 0 saturated carbocycles. The third kappa shape index (κ3) is 3.54. The number of Topliss-reactive ketones (excluding diaryl/α,β-unsaturated/α-hetero) is 2. The lowest BCUT2D eigenvalue weighted by Crippen LogP contribution is -2.51. The van der Waals surface area contributed by atoms with Gasteiger partial charge in [0.1, 0.15) is 17.2 Å². The number of halogens is 1. The number of benzene rings is 4. The summed E-state index contributed by atoms with van der Waals surface area (Å²) in [6.07, 6.45) is 3.93. The number of fused-ring (bicyclic) bond motifs is 6. The van der Waals surface area contributed by atoms with Crippen LogP contribution in [0.25, 0.3) is 6.08 Å². The molecule has 7 rings (SSSR count). The highest BCUT2D eigenvalue weighted by molar-refractivity contribution is 6.34. The van der Waals surface area contributed by atoms with E-state index in [1.54, 1.807) is 48.5 Å². The number of methoxy groups -OCH3 is 1. The van der Waals surface area contributed by atoms with Gasteiger partial charge in [0.05, 0.1) is 24.1 Å². The van der Waals surface area contributed by atoms with Crippen molar-refractivity contribution in [1.82, 2.24) is 0 Å². The fourth-order valence-corrected chi connectivity index (χ4v) is 7.12. The Kier molecular flexibility index (Phi) is 5.84. The molecular weight excluding hydrogens is 536 g/mol. The Morgan fingerprint density at radius 3 is 2.49 bits per heavy atom. The van der Waals surface area contributed by atoms with Crippen molar-refractivity contribution in [3.8, 4) is 5.75 Å². The molecule has 41 heavy (non-hydrogen) atoms. The Morgan fingerprint density at radius 2 is 1.66 bits per heavy atom. The van der Waals surface area contributed by atoms with Gasteiger partial charge in [-0.15, -0.1) is 0 Å². The third-order valence-corrected chi connectivity index (χ3v) is 8.92. The number of rotatable bonds is 5.